The highest BCUT2D eigenvalue weighted by atomic mass is 35.5. The van der Waals surface area contributed by atoms with E-state index in [-0.39, 0.29) is 34.4 Å². The maximum atomic E-state index is 12.3. The average molecular weight is 447 g/mol. The van der Waals surface area contributed by atoms with E-state index >= 15 is 0 Å². The van der Waals surface area contributed by atoms with E-state index in [9.17, 15) is 14.4 Å². The number of nitrogens with zero attached hydrogens (tertiary/aromatic N) is 1. The van der Waals surface area contributed by atoms with Gasteiger partial charge in [0.1, 0.15) is 0 Å². The summed E-state index contributed by atoms with van der Waals surface area (Å²) in [7, 11) is 1.44. The number of nitrogens with one attached hydrogen (secondary N) is 1. The van der Waals surface area contributed by atoms with Gasteiger partial charge in [0.2, 0.25) is 0 Å². The van der Waals surface area contributed by atoms with Gasteiger partial charge in [-0.05, 0) is 54.6 Å². The van der Waals surface area contributed by atoms with Crippen LogP contribution in [-0.4, -0.2) is 42.2 Å². The summed E-state index contributed by atoms with van der Waals surface area (Å²) >= 11 is 7.20. The fraction of sp³-hybridized carbons (Fsp3) is 0.190. The number of anilines is 1. The van der Waals surface area contributed by atoms with E-state index in [0.29, 0.717) is 28.5 Å². The van der Waals surface area contributed by atoms with Gasteiger partial charge in [0.25, 0.3) is 17.1 Å². The molecule has 0 unspecified atom stereocenters. The first-order chi connectivity index (χ1) is 14.4. The average Bonchev–Trinajstić information content (AvgIpc) is 2.99. The molecule has 2 aromatic carbocycles. The topological polar surface area (TPSA) is 84.9 Å². The molecule has 0 aromatic heterocycles. The van der Waals surface area contributed by atoms with E-state index in [1.807, 2.05) is 18.2 Å². The number of amides is 3. The lowest BCUT2D eigenvalue weighted by Gasteiger charge is -2.13. The number of hydrogen-bond donors (Lipinski definition) is 1. The summed E-state index contributed by atoms with van der Waals surface area (Å²) in [5, 5.41) is 2.62. The van der Waals surface area contributed by atoms with Gasteiger partial charge in [-0.1, -0.05) is 29.8 Å². The maximum absolute atomic E-state index is 12.3. The zero-order chi connectivity index (χ0) is 21.7. The number of para-hydroxylation sites is 1. The molecular weight excluding hydrogens is 428 g/mol. The van der Waals surface area contributed by atoms with Gasteiger partial charge < -0.3 is 14.8 Å². The van der Waals surface area contributed by atoms with Crippen molar-refractivity contribution in [1.82, 2.24) is 4.90 Å². The number of carbonyl (C=O) groups is 3. The lowest BCUT2D eigenvalue weighted by Crippen LogP contribution is -2.27. The lowest BCUT2D eigenvalue weighted by atomic mass is 10.1. The van der Waals surface area contributed by atoms with Gasteiger partial charge in [-0.3, -0.25) is 19.3 Å². The molecule has 0 saturated carbocycles. The molecule has 30 heavy (non-hydrogen) atoms. The molecule has 9 heteroatoms. The summed E-state index contributed by atoms with van der Waals surface area (Å²) < 4.78 is 10.9. The first-order valence-corrected chi connectivity index (χ1v) is 10.2. The van der Waals surface area contributed by atoms with Crippen molar-refractivity contribution < 1.29 is 23.9 Å². The number of hydrogen-bond acceptors (Lipinski definition) is 6. The molecule has 1 aliphatic heterocycles. The molecule has 1 aliphatic rings. The van der Waals surface area contributed by atoms with Crippen LogP contribution in [0.25, 0.3) is 6.08 Å². The van der Waals surface area contributed by atoms with Crippen LogP contribution >= 0.6 is 23.4 Å². The Morgan fingerprint density at radius 1 is 1.23 bits per heavy atom. The highest BCUT2D eigenvalue weighted by molar-refractivity contribution is 8.18. The third kappa shape index (κ3) is 4.95. The second-order valence-corrected chi connectivity index (χ2v) is 7.56. The maximum Gasteiger partial charge on any atom is 0.293 e. The Hall–Kier alpha value is -2.97. The Kier molecular flexibility index (Phi) is 7.02. The van der Waals surface area contributed by atoms with Gasteiger partial charge in [-0.2, -0.15) is 0 Å². The number of imide groups is 1. The molecule has 7 nitrogen and oxygen atoms in total. The quantitative estimate of drug-likeness (QED) is 0.633. The number of halogens is 1. The number of carbonyl (C=O) groups excluding carboxylic acids is 3. The van der Waals surface area contributed by atoms with Gasteiger partial charge >= 0.3 is 0 Å². The summed E-state index contributed by atoms with van der Waals surface area (Å²) in [6.45, 7) is 1.78. The van der Waals surface area contributed by atoms with Crippen LogP contribution in [0.1, 0.15) is 12.5 Å². The Labute approximate surface area is 183 Å². The monoisotopic (exact) mass is 446 g/mol. The lowest BCUT2D eigenvalue weighted by molar-refractivity contribution is -0.122. The molecule has 1 fully saturated rings. The Morgan fingerprint density at radius 2 is 1.97 bits per heavy atom. The molecule has 156 valence electrons. The molecule has 0 aliphatic carbocycles. The van der Waals surface area contributed by atoms with Crippen LogP contribution in [0.4, 0.5) is 10.5 Å². The van der Waals surface area contributed by atoms with Gasteiger partial charge in [-0.25, -0.2) is 0 Å². The number of benzene rings is 2. The summed E-state index contributed by atoms with van der Waals surface area (Å²) in [6.07, 6.45) is 1.57. The van der Waals surface area contributed by atoms with E-state index in [2.05, 4.69) is 5.32 Å². The number of methoxy groups -OCH3 is 1. The zero-order valence-corrected chi connectivity index (χ0v) is 17.9. The Bertz CT molecular complexity index is 1010. The van der Waals surface area contributed by atoms with Crippen molar-refractivity contribution in [3.8, 4) is 11.5 Å². The van der Waals surface area contributed by atoms with Crippen LogP contribution in [0, 0.1) is 0 Å². The van der Waals surface area contributed by atoms with E-state index in [1.165, 1.54) is 7.11 Å². The van der Waals surface area contributed by atoms with E-state index in [1.54, 1.807) is 37.3 Å². The molecular formula is C21H19ClN2O5S. The van der Waals surface area contributed by atoms with Gasteiger partial charge in [0, 0.05) is 12.2 Å². The molecule has 0 radical (unpaired) electrons. The van der Waals surface area contributed by atoms with Crippen molar-refractivity contribution in [2.24, 2.45) is 0 Å². The van der Waals surface area contributed by atoms with Crippen LogP contribution in [0.15, 0.2) is 47.4 Å². The van der Waals surface area contributed by atoms with Crippen molar-refractivity contribution in [1.29, 1.82) is 0 Å². The standard InChI is InChI=1S/C21H19ClN2O5S/c1-3-24-20(26)17(30-21(24)27)11-13-9-15(22)19(16(10-13)28-2)29-12-18(25)23-14-7-5-4-6-8-14/h4-11H,3,12H2,1-2H3,(H,23,25)/b17-11+. The predicted octanol–water partition coefficient (Wildman–Crippen LogP) is 4.42. The van der Waals surface area contributed by atoms with Gasteiger partial charge in [0.15, 0.2) is 18.1 Å². The SMILES string of the molecule is CCN1C(=O)S/C(=C/c2cc(Cl)c(OCC(=O)Nc3ccccc3)c(OC)c2)C1=O. The van der Waals surface area contributed by atoms with E-state index in [0.717, 1.165) is 16.7 Å². The first-order valence-electron chi connectivity index (χ1n) is 9.03. The molecule has 1 saturated heterocycles. The van der Waals surface area contributed by atoms with Crippen LogP contribution < -0.4 is 14.8 Å². The molecule has 0 atom stereocenters. The highest BCUT2D eigenvalue weighted by Crippen LogP contribution is 2.38. The smallest absolute Gasteiger partial charge is 0.293 e. The predicted molar refractivity (Wildman–Crippen MR) is 117 cm³/mol. The number of ether oxygens (including phenoxy) is 2. The summed E-state index contributed by atoms with van der Waals surface area (Å²) in [5.41, 5.74) is 1.22. The van der Waals surface area contributed by atoms with Gasteiger partial charge in [0.05, 0.1) is 17.0 Å². The van der Waals surface area contributed by atoms with Crippen molar-refractivity contribution in [2.75, 3.05) is 25.6 Å². The second-order valence-electron chi connectivity index (χ2n) is 6.16. The fourth-order valence-electron chi connectivity index (χ4n) is 2.74. The molecule has 1 heterocycles. The van der Waals surface area contributed by atoms with Gasteiger partial charge in [-0.15, -0.1) is 0 Å². The minimum absolute atomic E-state index is 0.209. The zero-order valence-electron chi connectivity index (χ0n) is 16.3. The highest BCUT2D eigenvalue weighted by Gasteiger charge is 2.33. The first kappa shape index (κ1) is 21.7. The van der Waals surface area contributed by atoms with Crippen LogP contribution in [0.5, 0.6) is 11.5 Å². The van der Waals surface area contributed by atoms with Crippen molar-refractivity contribution in [3.63, 3.8) is 0 Å². The largest absolute Gasteiger partial charge is 0.493 e. The number of likely N-dealkylation sites (N-methyl/N-ethyl adjacent to an activating group) is 1. The minimum Gasteiger partial charge on any atom is -0.493 e. The minimum atomic E-state index is -0.350. The summed E-state index contributed by atoms with van der Waals surface area (Å²) in [5.74, 6) is -0.186. The number of thioether (sulfide) groups is 1. The third-order valence-corrected chi connectivity index (χ3v) is 5.33. The molecule has 1 N–H and O–H groups in total. The van der Waals surface area contributed by atoms with Crippen molar-refractivity contribution in [3.05, 3.63) is 58.0 Å². The summed E-state index contributed by atoms with van der Waals surface area (Å²) in [4.78, 5) is 37.7. The van der Waals surface area contributed by atoms with E-state index in [4.69, 9.17) is 21.1 Å². The van der Waals surface area contributed by atoms with Crippen molar-refractivity contribution in [2.45, 2.75) is 6.92 Å². The Balaban J connectivity index is 1.74. The third-order valence-electron chi connectivity index (χ3n) is 4.14. The normalized spacial score (nSPS) is 14.9. The number of rotatable bonds is 7. The second kappa shape index (κ2) is 9.69. The molecule has 2 aromatic rings. The van der Waals surface area contributed by atoms with Crippen LogP contribution in [-0.2, 0) is 9.59 Å². The Morgan fingerprint density at radius 3 is 2.60 bits per heavy atom. The fourth-order valence-corrected chi connectivity index (χ4v) is 3.92. The van der Waals surface area contributed by atoms with Crippen LogP contribution in [0.3, 0.4) is 0 Å². The molecule has 0 spiro atoms. The van der Waals surface area contributed by atoms with E-state index < -0.39 is 0 Å². The van der Waals surface area contributed by atoms with Crippen LogP contribution in [0.2, 0.25) is 5.02 Å². The molecule has 3 rings (SSSR count). The molecule has 0 bridgehead atoms. The summed E-state index contributed by atoms with van der Waals surface area (Å²) in [6, 6.07) is 12.2. The van der Waals surface area contributed by atoms with Crippen molar-refractivity contribution >= 4 is 52.2 Å². The molecule has 3 amide bonds.